The number of hydrogen-bond donors (Lipinski definition) is 1. The normalized spacial score (nSPS) is 10.4. The zero-order chi connectivity index (χ0) is 12.3. The molecule has 0 saturated heterocycles. The summed E-state index contributed by atoms with van der Waals surface area (Å²) in [5.41, 5.74) is 1.90. The number of nitrogens with zero attached hydrogens (tertiary/aromatic N) is 1. The Bertz CT molecular complexity index is 519. The number of hydrogen-bond acceptors (Lipinski definition) is 3. The fraction of sp³-hybridized carbons (Fsp3) is 0.231. The summed E-state index contributed by atoms with van der Waals surface area (Å²) < 4.78 is 0. The van der Waals surface area contributed by atoms with Crippen LogP contribution in [0, 0.1) is 6.92 Å². The molecule has 4 heteroatoms. The highest BCUT2D eigenvalue weighted by Gasteiger charge is 2.15. The topological polar surface area (TPSA) is 50.2 Å². The molecule has 17 heavy (non-hydrogen) atoms. The van der Waals surface area contributed by atoms with Crippen molar-refractivity contribution >= 4 is 17.3 Å². The van der Waals surface area contributed by atoms with Crippen LogP contribution in [0.1, 0.15) is 25.9 Å². The van der Waals surface area contributed by atoms with Crippen LogP contribution >= 0.6 is 11.3 Å². The highest BCUT2D eigenvalue weighted by molar-refractivity contribution is 7.13. The second kappa shape index (κ2) is 5.10. The molecule has 0 fully saturated rings. The Balaban J connectivity index is 2.11. The van der Waals surface area contributed by atoms with Gasteiger partial charge in [0.25, 0.3) is 0 Å². The van der Waals surface area contributed by atoms with Crippen LogP contribution in [0.4, 0.5) is 0 Å². The second-order valence-corrected chi connectivity index (χ2v) is 5.00. The predicted molar refractivity (Wildman–Crippen MR) is 67.7 cm³/mol. The molecule has 0 saturated carbocycles. The summed E-state index contributed by atoms with van der Waals surface area (Å²) in [6.45, 7) is 1.84. The highest BCUT2D eigenvalue weighted by atomic mass is 32.1. The van der Waals surface area contributed by atoms with Gasteiger partial charge < -0.3 is 5.11 Å². The van der Waals surface area contributed by atoms with E-state index < -0.39 is 5.97 Å². The Kier molecular flexibility index (Phi) is 3.54. The van der Waals surface area contributed by atoms with Gasteiger partial charge in [0.15, 0.2) is 0 Å². The van der Waals surface area contributed by atoms with Gasteiger partial charge in [-0.3, -0.25) is 0 Å². The molecular weight excluding hydrogens is 234 g/mol. The molecule has 3 nitrogen and oxygen atoms in total. The van der Waals surface area contributed by atoms with E-state index in [1.807, 2.05) is 37.3 Å². The summed E-state index contributed by atoms with van der Waals surface area (Å²) in [6.07, 6.45) is 1.50. The lowest BCUT2D eigenvalue weighted by Gasteiger charge is -2.00. The van der Waals surface area contributed by atoms with E-state index in [1.54, 1.807) is 0 Å². The standard InChI is InChI=1S/C13H13NO2S/c1-9-14-11(12(17-9)13(15)16)8-7-10-5-3-2-4-6-10/h2-6H,7-8H2,1H3,(H,15,16). The van der Waals surface area contributed by atoms with Crippen molar-refractivity contribution in [2.45, 2.75) is 19.8 Å². The van der Waals surface area contributed by atoms with Crippen LogP contribution in [0.2, 0.25) is 0 Å². The first-order valence-corrected chi connectivity index (χ1v) is 6.22. The Hall–Kier alpha value is -1.68. The fourth-order valence-electron chi connectivity index (χ4n) is 1.71. The van der Waals surface area contributed by atoms with Gasteiger partial charge in [0.2, 0.25) is 0 Å². The molecule has 2 aromatic rings. The molecule has 0 amide bonds. The van der Waals surface area contributed by atoms with Crippen LogP contribution in [0.5, 0.6) is 0 Å². The maximum Gasteiger partial charge on any atom is 0.347 e. The maximum absolute atomic E-state index is 11.0. The lowest BCUT2D eigenvalue weighted by molar-refractivity contribution is 0.0700. The monoisotopic (exact) mass is 247 g/mol. The number of aromatic nitrogens is 1. The second-order valence-electron chi connectivity index (χ2n) is 3.80. The van der Waals surface area contributed by atoms with E-state index in [9.17, 15) is 4.79 Å². The van der Waals surface area contributed by atoms with E-state index in [1.165, 1.54) is 16.9 Å². The molecule has 0 aliphatic heterocycles. The molecule has 0 unspecified atom stereocenters. The molecule has 2 rings (SSSR count). The van der Waals surface area contributed by atoms with Gasteiger partial charge in [-0.25, -0.2) is 9.78 Å². The number of rotatable bonds is 4. The summed E-state index contributed by atoms with van der Waals surface area (Å²) in [5, 5.41) is 9.86. The zero-order valence-corrected chi connectivity index (χ0v) is 10.3. The van der Waals surface area contributed by atoms with Gasteiger partial charge in [0.05, 0.1) is 10.7 Å². The quantitative estimate of drug-likeness (QED) is 0.903. The predicted octanol–water partition coefficient (Wildman–Crippen LogP) is 2.93. The number of benzene rings is 1. The van der Waals surface area contributed by atoms with Crippen LogP contribution in [-0.4, -0.2) is 16.1 Å². The Morgan fingerprint density at radius 1 is 1.29 bits per heavy atom. The largest absolute Gasteiger partial charge is 0.477 e. The SMILES string of the molecule is Cc1nc(CCc2ccccc2)c(C(=O)O)s1. The molecule has 0 radical (unpaired) electrons. The average molecular weight is 247 g/mol. The first-order chi connectivity index (χ1) is 8.16. The third-order valence-corrected chi connectivity index (χ3v) is 3.49. The number of carboxylic acid groups (broad SMARTS) is 1. The van der Waals surface area contributed by atoms with Gasteiger partial charge in [0.1, 0.15) is 4.88 Å². The summed E-state index contributed by atoms with van der Waals surface area (Å²) in [5.74, 6) is -0.876. The number of thiazole rings is 1. The van der Waals surface area contributed by atoms with Crippen molar-refractivity contribution in [2.75, 3.05) is 0 Å². The lowest BCUT2D eigenvalue weighted by Crippen LogP contribution is -2.00. The number of aryl methyl sites for hydroxylation is 3. The van der Waals surface area contributed by atoms with Crippen molar-refractivity contribution in [3.63, 3.8) is 0 Å². The molecule has 1 heterocycles. The number of aromatic carboxylic acids is 1. The minimum atomic E-state index is -0.876. The Morgan fingerprint density at radius 2 is 2.00 bits per heavy atom. The van der Waals surface area contributed by atoms with E-state index in [0.29, 0.717) is 17.0 Å². The van der Waals surface area contributed by atoms with Crippen molar-refractivity contribution in [3.8, 4) is 0 Å². The summed E-state index contributed by atoms with van der Waals surface area (Å²) in [4.78, 5) is 15.7. The van der Waals surface area contributed by atoms with Crippen LogP contribution in [0.15, 0.2) is 30.3 Å². The van der Waals surface area contributed by atoms with Crippen LogP contribution in [0.25, 0.3) is 0 Å². The van der Waals surface area contributed by atoms with E-state index in [4.69, 9.17) is 5.11 Å². The van der Waals surface area contributed by atoms with Crippen LogP contribution in [0.3, 0.4) is 0 Å². The Morgan fingerprint density at radius 3 is 2.65 bits per heavy atom. The van der Waals surface area contributed by atoms with Gasteiger partial charge in [-0.15, -0.1) is 11.3 Å². The fourth-order valence-corrected chi connectivity index (χ4v) is 2.52. The summed E-state index contributed by atoms with van der Waals surface area (Å²) in [7, 11) is 0. The number of carboxylic acids is 1. The average Bonchev–Trinajstić information content (AvgIpc) is 2.69. The van der Waals surface area contributed by atoms with Crippen LogP contribution < -0.4 is 0 Å². The van der Waals surface area contributed by atoms with Crippen molar-refractivity contribution < 1.29 is 9.90 Å². The van der Waals surface area contributed by atoms with Crippen molar-refractivity contribution in [1.29, 1.82) is 0 Å². The van der Waals surface area contributed by atoms with E-state index in [0.717, 1.165) is 11.4 Å². The summed E-state index contributed by atoms with van der Waals surface area (Å²) in [6, 6.07) is 10.0. The molecule has 0 bridgehead atoms. The van der Waals surface area contributed by atoms with Crippen LogP contribution in [-0.2, 0) is 12.8 Å². The molecule has 0 spiro atoms. The molecule has 0 aliphatic carbocycles. The van der Waals surface area contributed by atoms with Gasteiger partial charge >= 0.3 is 5.97 Å². The molecule has 1 N–H and O–H groups in total. The molecule has 88 valence electrons. The maximum atomic E-state index is 11.0. The zero-order valence-electron chi connectivity index (χ0n) is 9.51. The van der Waals surface area contributed by atoms with E-state index in [-0.39, 0.29) is 0 Å². The Labute approximate surface area is 104 Å². The smallest absolute Gasteiger partial charge is 0.347 e. The molecule has 0 atom stereocenters. The van der Waals surface area contributed by atoms with Gasteiger partial charge in [-0.2, -0.15) is 0 Å². The molecule has 0 aliphatic rings. The minimum Gasteiger partial charge on any atom is -0.477 e. The number of carbonyl (C=O) groups is 1. The highest BCUT2D eigenvalue weighted by Crippen LogP contribution is 2.19. The lowest BCUT2D eigenvalue weighted by atomic mass is 10.1. The molecule has 1 aromatic carbocycles. The van der Waals surface area contributed by atoms with Crippen molar-refractivity contribution in [1.82, 2.24) is 4.98 Å². The van der Waals surface area contributed by atoms with Gasteiger partial charge in [-0.05, 0) is 25.3 Å². The van der Waals surface area contributed by atoms with Crippen molar-refractivity contribution in [2.24, 2.45) is 0 Å². The first-order valence-electron chi connectivity index (χ1n) is 5.40. The molecule has 1 aromatic heterocycles. The van der Waals surface area contributed by atoms with Crippen molar-refractivity contribution in [3.05, 3.63) is 51.5 Å². The van der Waals surface area contributed by atoms with Gasteiger partial charge in [0, 0.05) is 0 Å². The summed E-state index contributed by atoms with van der Waals surface area (Å²) >= 11 is 1.25. The third-order valence-electron chi connectivity index (χ3n) is 2.49. The first kappa shape index (κ1) is 11.8. The van der Waals surface area contributed by atoms with E-state index in [2.05, 4.69) is 4.98 Å². The van der Waals surface area contributed by atoms with E-state index >= 15 is 0 Å². The minimum absolute atomic E-state index is 0.374. The third kappa shape index (κ3) is 2.91. The molecular formula is C13H13NO2S. The van der Waals surface area contributed by atoms with Gasteiger partial charge in [-0.1, -0.05) is 30.3 Å².